The highest BCUT2D eigenvalue weighted by molar-refractivity contribution is 6.33. The Morgan fingerprint density at radius 3 is 2.37 bits per heavy atom. The van der Waals surface area contributed by atoms with Gasteiger partial charge in [-0.05, 0) is 24.3 Å². The van der Waals surface area contributed by atoms with Gasteiger partial charge in [0.2, 0.25) is 0 Å². The van der Waals surface area contributed by atoms with Crippen LogP contribution < -0.4 is 0 Å². The standard InChI is InChI=1S/C14H11ClN2O2/c15-10-4-3-9-17-14(10)13(19)7-6-12(18)11-5-1-2-8-16-11/h1-5,8-9H,6-7H2. The highest BCUT2D eigenvalue weighted by Crippen LogP contribution is 2.15. The summed E-state index contributed by atoms with van der Waals surface area (Å²) in [5.74, 6) is -0.407. The van der Waals surface area contributed by atoms with Crippen molar-refractivity contribution in [2.75, 3.05) is 0 Å². The van der Waals surface area contributed by atoms with Gasteiger partial charge in [-0.2, -0.15) is 0 Å². The molecule has 0 aromatic carbocycles. The number of hydrogen-bond donors (Lipinski definition) is 0. The van der Waals surface area contributed by atoms with Crippen molar-refractivity contribution in [3.63, 3.8) is 0 Å². The molecule has 5 heteroatoms. The minimum atomic E-state index is -0.241. The molecule has 0 aliphatic heterocycles. The van der Waals surface area contributed by atoms with Crippen LogP contribution in [0.3, 0.4) is 0 Å². The van der Waals surface area contributed by atoms with Crippen molar-refractivity contribution < 1.29 is 9.59 Å². The fourth-order valence-corrected chi connectivity index (χ4v) is 1.82. The largest absolute Gasteiger partial charge is 0.292 e. The van der Waals surface area contributed by atoms with Gasteiger partial charge in [0, 0.05) is 25.2 Å². The molecule has 4 nitrogen and oxygen atoms in total. The first kappa shape index (κ1) is 13.4. The molecule has 0 N–H and O–H groups in total. The molecule has 0 aliphatic carbocycles. The maximum Gasteiger partial charge on any atom is 0.183 e. The first-order chi connectivity index (χ1) is 9.18. The Kier molecular flexibility index (Phi) is 4.36. The lowest BCUT2D eigenvalue weighted by molar-refractivity contribution is 0.0912. The van der Waals surface area contributed by atoms with Gasteiger partial charge in [-0.25, -0.2) is 0 Å². The number of aromatic nitrogens is 2. The van der Waals surface area contributed by atoms with Gasteiger partial charge in [-0.15, -0.1) is 0 Å². The van der Waals surface area contributed by atoms with E-state index in [1.54, 1.807) is 36.5 Å². The topological polar surface area (TPSA) is 59.9 Å². The fourth-order valence-electron chi connectivity index (χ4n) is 1.59. The van der Waals surface area contributed by atoms with Crippen LogP contribution in [0.1, 0.15) is 33.8 Å². The van der Waals surface area contributed by atoms with E-state index in [2.05, 4.69) is 9.97 Å². The third-order valence-corrected chi connectivity index (χ3v) is 2.86. The van der Waals surface area contributed by atoms with Gasteiger partial charge < -0.3 is 0 Å². The Morgan fingerprint density at radius 2 is 1.68 bits per heavy atom. The number of ketones is 2. The molecule has 2 heterocycles. The SMILES string of the molecule is O=C(CCC(=O)c1ncccc1Cl)c1ccccn1. The molecule has 0 saturated heterocycles. The van der Waals surface area contributed by atoms with Gasteiger partial charge in [0.25, 0.3) is 0 Å². The lowest BCUT2D eigenvalue weighted by Crippen LogP contribution is -2.08. The van der Waals surface area contributed by atoms with Crippen LogP contribution in [0, 0.1) is 0 Å². The average molecular weight is 275 g/mol. The summed E-state index contributed by atoms with van der Waals surface area (Å²) in [7, 11) is 0. The predicted molar refractivity (Wildman–Crippen MR) is 71.4 cm³/mol. The summed E-state index contributed by atoms with van der Waals surface area (Å²) in [5, 5.41) is 0.304. The van der Waals surface area contributed by atoms with Crippen LogP contribution in [0.2, 0.25) is 5.02 Å². The number of Topliss-reactive ketones (excluding diaryl/α,β-unsaturated/α-hetero) is 2. The number of carbonyl (C=O) groups excluding carboxylic acids is 2. The van der Waals surface area contributed by atoms with Crippen LogP contribution in [0.5, 0.6) is 0 Å². The van der Waals surface area contributed by atoms with E-state index in [9.17, 15) is 9.59 Å². The highest BCUT2D eigenvalue weighted by atomic mass is 35.5. The summed E-state index contributed by atoms with van der Waals surface area (Å²) in [4.78, 5) is 31.5. The van der Waals surface area contributed by atoms with Gasteiger partial charge in [0.1, 0.15) is 11.4 Å². The van der Waals surface area contributed by atoms with Crippen molar-refractivity contribution in [3.05, 3.63) is 59.1 Å². The highest BCUT2D eigenvalue weighted by Gasteiger charge is 2.14. The molecule has 0 atom stereocenters. The van der Waals surface area contributed by atoms with Crippen molar-refractivity contribution in [1.29, 1.82) is 0 Å². The van der Waals surface area contributed by atoms with Crippen LogP contribution >= 0.6 is 11.6 Å². The zero-order valence-corrected chi connectivity index (χ0v) is 10.8. The zero-order valence-electron chi connectivity index (χ0n) is 10.0. The number of pyridine rings is 2. The van der Waals surface area contributed by atoms with E-state index in [0.717, 1.165) is 0 Å². The van der Waals surface area contributed by atoms with Crippen LogP contribution in [-0.4, -0.2) is 21.5 Å². The van der Waals surface area contributed by atoms with Crippen molar-refractivity contribution >= 4 is 23.2 Å². The number of hydrogen-bond acceptors (Lipinski definition) is 4. The molecular weight excluding hydrogens is 264 g/mol. The predicted octanol–water partition coefficient (Wildman–Crippen LogP) is 2.98. The van der Waals surface area contributed by atoms with Gasteiger partial charge in [0.05, 0.1) is 5.02 Å². The molecular formula is C14H11ClN2O2. The molecule has 0 aliphatic rings. The number of halogens is 1. The molecule has 2 aromatic heterocycles. The Morgan fingerprint density at radius 1 is 0.947 bits per heavy atom. The molecule has 0 radical (unpaired) electrons. The maximum atomic E-state index is 11.9. The van der Waals surface area contributed by atoms with E-state index in [1.807, 2.05) is 0 Å². The second-order valence-electron chi connectivity index (χ2n) is 3.90. The minimum Gasteiger partial charge on any atom is -0.292 e. The molecule has 0 unspecified atom stereocenters. The first-order valence-electron chi connectivity index (χ1n) is 5.76. The smallest absolute Gasteiger partial charge is 0.183 e. The summed E-state index contributed by atoms with van der Waals surface area (Å²) >= 11 is 5.87. The van der Waals surface area contributed by atoms with E-state index < -0.39 is 0 Å². The lowest BCUT2D eigenvalue weighted by atomic mass is 10.1. The number of rotatable bonds is 5. The van der Waals surface area contributed by atoms with Crippen LogP contribution in [0.4, 0.5) is 0 Å². The van der Waals surface area contributed by atoms with Gasteiger partial charge in [-0.1, -0.05) is 17.7 Å². The van der Waals surface area contributed by atoms with Crippen molar-refractivity contribution in [3.8, 4) is 0 Å². The summed E-state index contributed by atoms with van der Waals surface area (Å²) in [6.07, 6.45) is 3.22. The molecule has 2 rings (SSSR count). The Balaban J connectivity index is 1.98. The third kappa shape index (κ3) is 3.45. The average Bonchev–Trinajstić information content (AvgIpc) is 2.46. The maximum absolute atomic E-state index is 11.9. The Labute approximate surface area is 115 Å². The number of carbonyl (C=O) groups is 2. The Bertz CT molecular complexity index is 599. The first-order valence-corrected chi connectivity index (χ1v) is 6.14. The molecule has 2 aromatic rings. The quantitative estimate of drug-likeness (QED) is 0.787. The summed E-state index contributed by atoms with van der Waals surface area (Å²) in [6, 6.07) is 8.34. The lowest BCUT2D eigenvalue weighted by Gasteiger charge is -2.02. The van der Waals surface area contributed by atoms with Crippen molar-refractivity contribution in [1.82, 2.24) is 9.97 Å². The van der Waals surface area contributed by atoms with Crippen LogP contribution in [0.15, 0.2) is 42.7 Å². The van der Waals surface area contributed by atoms with E-state index in [1.165, 1.54) is 6.20 Å². The second-order valence-corrected chi connectivity index (χ2v) is 4.30. The zero-order chi connectivity index (χ0) is 13.7. The summed E-state index contributed by atoms with van der Waals surface area (Å²) < 4.78 is 0. The van der Waals surface area contributed by atoms with E-state index in [-0.39, 0.29) is 30.1 Å². The molecule has 0 fully saturated rings. The van der Waals surface area contributed by atoms with Gasteiger partial charge in [-0.3, -0.25) is 19.6 Å². The van der Waals surface area contributed by atoms with Crippen LogP contribution in [0.25, 0.3) is 0 Å². The van der Waals surface area contributed by atoms with E-state index in [4.69, 9.17) is 11.6 Å². The van der Waals surface area contributed by atoms with Crippen molar-refractivity contribution in [2.45, 2.75) is 12.8 Å². The second kappa shape index (κ2) is 6.20. The van der Waals surface area contributed by atoms with E-state index in [0.29, 0.717) is 10.7 Å². The van der Waals surface area contributed by atoms with Gasteiger partial charge >= 0.3 is 0 Å². The summed E-state index contributed by atoms with van der Waals surface area (Å²) in [5.41, 5.74) is 0.570. The van der Waals surface area contributed by atoms with E-state index >= 15 is 0 Å². The van der Waals surface area contributed by atoms with Crippen LogP contribution in [-0.2, 0) is 0 Å². The summed E-state index contributed by atoms with van der Waals surface area (Å²) in [6.45, 7) is 0. The molecule has 0 saturated carbocycles. The molecule has 0 bridgehead atoms. The number of nitrogens with zero attached hydrogens (tertiary/aromatic N) is 2. The normalized spacial score (nSPS) is 10.2. The van der Waals surface area contributed by atoms with Crippen molar-refractivity contribution in [2.24, 2.45) is 0 Å². The van der Waals surface area contributed by atoms with Gasteiger partial charge in [0.15, 0.2) is 11.6 Å². The molecule has 0 amide bonds. The molecule has 19 heavy (non-hydrogen) atoms. The molecule has 0 spiro atoms. The Hall–Kier alpha value is -2.07. The third-order valence-electron chi connectivity index (χ3n) is 2.55. The fraction of sp³-hybridized carbons (Fsp3) is 0.143. The minimum absolute atomic E-state index is 0.0755. The molecule has 96 valence electrons. The monoisotopic (exact) mass is 274 g/mol.